The Morgan fingerprint density at radius 2 is 1.40 bits per heavy atom. The Labute approximate surface area is 34.5 Å². The summed E-state index contributed by atoms with van der Waals surface area (Å²) in [7, 11) is 0. The summed E-state index contributed by atoms with van der Waals surface area (Å²) >= 11 is 0. The van der Waals surface area contributed by atoms with Crippen molar-refractivity contribution >= 4 is 0 Å². The Kier molecular flexibility index (Phi) is 6.61. The van der Waals surface area contributed by atoms with Gasteiger partial charge in [0.25, 0.3) is 0 Å². The maximum atomic E-state index is 3.56. The zero-order chi connectivity index (χ0) is 3.58. The summed E-state index contributed by atoms with van der Waals surface area (Å²) in [5, 5.41) is 0. The van der Waals surface area contributed by atoms with Crippen molar-refractivity contribution in [2.24, 2.45) is 0 Å². The second-order valence-corrected chi connectivity index (χ2v) is 1.21. The number of hydrogen-bond acceptors (Lipinski definition) is 0. The summed E-state index contributed by atoms with van der Waals surface area (Å²) < 4.78 is 0. The first-order valence-electron chi connectivity index (χ1n) is 1.35. The number of allylic oxidation sites excluding steroid dienone is 1. The third kappa shape index (κ3) is 168. The van der Waals surface area contributed by atoms with Gasteiger partial charge in [-0.3, -0.25) is 0 Å². The molecule has 32 valence electrons. The minimum atomic E-state index is 0. The largest absolute Gasteiger partial charge is 0.100 e. The van der Waals surface area contributed by atoms with Crippen LogP contribution in [-0.4, -0.2) is 0 Å². The second kappa shape index (κ2) is 3.74. The lowest BCUT2D eigenvalue weighted by atomic mass is 10.4. The van der Waals surface area contributed by atoms with Gasteiger partial charge in [0.1, 0.15) is 0 Å². The zero-order valence-corrected chi connectivity index (χ0v) is 3.21. The number of rotatable bonds is 0. The van der Waals surface area contributed by atoms with Crippen molar-refractivity contribution in [3.05, 3.63) is 12.2 Å². The van der Waals surface area contributed by atoms with Gasteiger partial charge in [0, 0.05) is 0 Å². The van der Waals surface area contributed by atoms with Gasteiger partial charge in [0.15, 0.2) is 0 Å². The van der Waals surface area contributed by atoms with Crippen molar-refractivity contribution in [1.29, 1.82) is 0 Å². The van der Waals surface area contributed by atoms with E-state index in [9.17, 15) is 0 Å². The van der Waals surface area contributed by atoms with Crippen LogP contribution in [0.1, 0.15) is 21.3 Å². The van der Waals surface area contributed by atoms with Crippen LogP contribution in [0.25, 0.3) is 0 Å². The molecule has 0 saturated carbocycles. The minimum absolute atomic E-state index is 0. The molecule has 0 aromatic heterocycles. The first kappa shape index (κ1) is 8.83. The molecule has 0 aliphatic rings. The SMILES string of the molecule is C.C=C(C)C. The van der Waals surface area contributed by atoms with Crippen LogP contribution < -0.4 is 0 Å². The highest BCUT2D eigenvalue weighted by Crippen LogP contribution is 1.73. The average Bonchev–Trinajstić information content (AvgIpc) is 0.811. The molecule has 0 unspecified atom stereocenters. The van der Waals surface area contributed by atoms with Gasteiger partial charge >= 0.3 is 0 Å². The fraction of sp³-hybridized carbons (Fsp3) is 0.600. The lowest BCUT2D eigenvalue weighted by Crippen LogP contribution is -1.43. The highest BCUT2D eigenvalue weighted by molar-refractivity contribution is 4.78. The molecule has 0 radical (unpaired) electrons. The molecule has 0 fully saturated rings. The molecule has 0 saturated heterocycles. The Balaban J connectivity index is 0. The molecule has 0 nitrogen and oxygen atoms in total. The van der Waals surface area contributed by atoms with Crippen LogP contribution >= 0.6 is 0 Å². The lowest BCUT2D eigenvalue weighted by molar-refractivity contribution is 1.42. The zero-order valence-electron chi connectivity index (χ0n) is 3.21. The quantitative estimate of drug-likeness (QED) is 0.385. The summed E-state index contributed by atoms with van der Waals surface area (Å²) in [5.74, 6) is 0. The molecule has 0 atom stereocenters. The summed E-state index contributed by atoms with van der Waals surface area (Å²) in [6.45, 7) is 7.50. The van der Waals surface area contributed by atoms with E-state index in [4.69, 9.17) is 0 Å². The summed E-state index contributed by atoms with van der Waals surface area (Å²) in [5.41, 5.74) is 1.17. The Morgan fingerprint density at radius 3 is 1.40 bits per heavy atom. The van der Waals surface area contributed by atoms with E-state index in [-0.39, 0.29) is 7.43 Å². The normalized spacial score (nSPS) is 5.20. The van der Waals surface area contributed by atoms with Crippen molar-refractivity contribution < 1.29 is 0 Å². The molecule has 0 heteroatoms. The van der Waals surface area contributed by atoms with Crippen molar-refractivity contribution in [3.8, 4) is 0 Å². The van der Waals surface area contributed by atoms with Gasteiger partial charge in [-0.2, -0.15) is 0 Å². The average molecular weight is 72.2 g/mol. The van der Waals surface area contributed by atoms with Gasteiger partial charge in [-0.25, -0.2) is 0 Å². The molecular weight excluding hydrogens is 60.1 g/mol. The molecule has 0 aromatic rings. The third-order valence-corrected chi connectivity index (χ3v) is 0. The van der Waals surface area contributed by atoms with Gasteiger partial charge in [-0.15, -0.1) is 6.58 Å². The molecule has 5 heavy (non-hydrogen) atoms. The molecule has 0 spiro atoms. The lowest BCUT2D eigenvalue weighted by Gasteiger charge is -1.65. The predicted molar refractivity (Wildman–Crippen MR) is 27.2 cm³/mol. The van der Waals surface area contributed by atoms with E-state index in [1.54, 1.807) is 0 Å². The van der Waals surface area contributed by atoms with Crippen LogP contribution in [-0.2, 0) is 0 Å². The van der Waals surface area contributed by atoms with Crippen LogP contribution in [0.4, 0.5) is 0 Å². The topological polar surface area (TPSA) is 0 Å². The van der Waals surface area contributed by atoms with Gasteiger partial charge in [0.2, 0.25) is 0 Å². The molecule has 0 aliphatic carbocycles. The van der Waals surface area contributed by atoms with Gasteiger partial charge in [-0.05, 0) is 13.8 Å². The van der Waals surface area contributed by atoms with E-state index in [1.165, 1.54) is 5.57 Å². The maximum absolute atomic E-state index is 3.56. The fourth-order valence-electron chi connectivity index (χ4n) is 0. The van der Waals surface area contributed by atoms with E-state index in [0.717, 1.165) is 0 Å². The van der Waals surface area contributed by atoms with Crippen molar-refractivity contribution in [1.82, 2.24) is 0 Å². The molecule has 0 amide bonds. The Hall–Kier alpha value is -0.260. The van der Waals surface area contributed by atoms with E-state index in [2.05, 4.69) is 6.58 Å². The fourth-order valence-corrected chi connectivity index (χ4v) is 0. The van der Waals surface area contributed by atoms with E-state index in [1.807, 2.05) is 13.8 Å². The maximum Gasteiger partial charge on any atom is -0.0445 e. The Bertz CT molecular complexity index is 23.0. The van der Waals surface area contributed by atoms with Crippen molar-refractivity contribution in [2.45, 2.75) is 21.3 Å². The monoisotopic (exact) mass is 72.1 g/mol. The van der Waals surface area contributed by atoms with Gasteiger partial charge in [0.05, 0.1) is 0 Å². The molecule has 0 aromatic carbocycles. The first-order valence-corrected chi connectivity index (χ1v) is 1.35. The highest BCUT2D eigenvalue weighted by Gasteiger charge is 1.51. The molecule has 0 aliphatic heterocycles. The van der Waals surface area contributed by atoms with Crippen LogP contribution in [0.3, 0.4) is 0 Å². The van der Waals surface area contributed by atoms with E-state index < -0.39 is 0 Å². The van der Waals surface area contributed by atoms with Crippen molar-refractivity contribution in [2.75, 3.05) is 0 Å². The standard InChI is InChI=1S/C4H8.CH4/c1-4(2)3;/h1H2,2-3H3;1H4. The van der Waals surface area contributed by atoms with Gasteiger partial charge in [-0.1, -0.05) is 13.0 Å². The van der Waals surface area contributed by atoms with Crippen LogP contribution in [0.15, 0.2) is 12.2 Å². The molecule has 0 bridgehead atoms. The van der Waals surface area contributed by atoms with Gasteiger partial charge < -0.3 is 0 Å². The van der Waals surface area contributed by atoms with Crippen LogP contribution in [0.5, 0.6) is 0 Å². The van der Waals surface area contributed by atoms with Crippen molar-refractivity contribution in [3.63, 3.8) is 0 Å². The number of hydrogen-bond donors (Lipinski definition) is 0. The second-order valence-electron chi connectivity index (χ2n) is 1.21. The summed E-state index contributed by atoms with van der Waals surface area (Å²) in [6, 6.07) is 0. The molecular formula is C5H12. The molecule has 0 heterocycles. The predicted octanol–water partition coefficient (Wildman–Crippen LogP) is 2.22. The Morgan fingerprint density at radius 1 is 1.40 bits per heavy atom. The molecule has 0 rings (SSSR count). The third-order valence-electron chi connectivity index (χ3n) is 0. The van der Waals surface area contributed by atoms with E-state index in [0.29, 0.717) is 0 Å². The minimum Gasteiger partial charge on any atom is -0.100 e. The van der Waals surface area contributed by atoms with E-state index >= 15 is 0 Å². The first-order chi connectivity index (χ1) is 1.73. The smallest absolute Gasteiger partial charge is 0.0445 e. The molecule has 0 N–H and O–H groups in total. The summed E-state index contributed by atoms with van der Waals surface area (Å²) in [6.07, 6.45) is 0. The van der Waals surface area contributed by atoms with Crippen LogP contribution in [0.2, 0.25) is 0 Å². The van der Waals surface area contributed by atoms with Crippen LogP contribution in [0, 0.1) is 0 Å². The highest BCUT2D eigenvalue weighted by atomic mass is 13.6. The summed E-state index contributed by atoms with van der Waals surface area (Å²) in [4.78, 5) is 0.